The van der Waals surface area contributed by atoms with E-state index < -0.39 is 0 Å². The molecule has 0 spiro atoms. The molecule has 4 heteroatoms. The lowest BCUT2D eigenvalue weighted by atomic mass is 9.99. The molecule has 1 heterocycles. The Labute approximate surface area is 127 Å². The summed E-state index contributed by atoms with van der Waals surface area (Å²) in [4.78, 5) is 14.4. The van der Waals surface area contributed by atoms with Crippen molar-refractivity contribution in [3.8, 4) is 0 Å². The third kappa shape index (κ3) is 4.83. The van der Waals surface area contributed by atoms with Crippen LogP contribution < -0.4 is 10.6 Å². The van der Waals surface area contributed by atoms with E-state index in [1.807, 2.05) is 31.2 Å². The zero-order valence-electron chi connectivity index (χ0n) is 13.4. The largest absolute Gasteiger partial charge is 0.351 e. The normalized spacial score (nSPS) is 23.0. The Morgan fingerprint density at radius 1 is 1.29 bits per heavy atom. The van der Waals surface area contributed by atoms with E-state index in [-0.39, 0.29) is 5.91 Å². The van der Waals surface area contributed by atoms with Gasteiger partial charge in [-0.1, -0.05) is 17.7 Å². The van der Waals surface area contributed by atoms with Gasteiger partial charge < -0.3 is 15.5 Å². The fraction of sp³-hybridized carbons (Fsp3) is 0.588. The fourth-order valence-electron chi connectivity index (χ4n) is 2.73. The SMILES string of the molecule is Cc1ccc(C(=O)NCCNC2CCN(C)C(C)C2)cc1. The molecule has 1 saturated heterocycles. The number of aryl methyl sites for hydroxylation is 1. The van der Waals surface area contributed by atoms with Gasteiger partial charge >= 0.3 is 0 Å². The molecule has 1 aliphatic heterocycles. The second-order valence-corrected chi connectivity index (χ2v) is 6.13. The minimum atomic E-state index is 0.00791. The Morgan fingerprint density at radius 3 is 2.67 bits per heavy atom. The van der Waals surface area contributed by atoms with Gasteiger partial charge in [-0.15, -0.1) is 0 Å². The van der Waals surface area contributed by atoms with Crippen molar-refractivity contribution >= 4 is 5.91 Å². The van der Waals surface area contributed by atoms with Crippen LogP contribution in [0.3, 0.4) is 0 Å². The predicted molar refractivity (Wildman–Crippen MR) is 86.6 cm³/mol. The van der Waals surface area contributed by atoms with Gasteiger partial charge in [0, 0.05) is 30.7 Å². The van der Waals surface area contributed by atoms with Crippen LogP contribution in [-0.2, 0) is 0 Å². The van der Waals surface area contributed by atoms with Crippen molar-refractivity contribution in [2.75, 3.05) is 26.7 Å². The highest BCUT2D eigenvalue weighted by Gasteiger charge is 2.21. The Morgan fingerprint density at radius 2 is 2.00 bits per heavy atom. The van der Waals surface area contributed by atoms with Crippen LogP contribution in [0.25, 0.3) is 0 Å². The van der Waals surface area contributed by atoms with Crippen molar-refractivity contribution in [3.63, 3.8) is 0 Å². The summed E-state index contributed by atoms with van der Waals surface area (Å²) in [7, 11) is 2.18. The number of carbonyl (C=O) groups is 1. The highest BCUT2D eigenvalue weighted by Crippen LogP contribution is 2.14. The lowest BCUT2D eigenvalue weighted by Crippen LogP contribution is -2.47. The quantitative estimate of drug-likeness (QED) is 0.812. The molecule has 2 rings (SSSR count). The molecule has 4 nitrogen and oxygen atoms in total. The van der Waals surface area contributed by atoms with Gasteiger partial charge in [0.15, 0.2) is 0 Å². The van der Waals surface area contributed by atoms with Crippen LogP contribution >= 0.6 is 0 Å². The molecule has 116 valence electrons. The van der Waals surface area contributed by atoms with Crippen LogP contribution in [0, 0.1) is 6.92 Å². The van der Waals surface area contributed by atoms with Gasteiger partial charge in [-0.3, -0.25) is 4.79 Å². The molecule has 1 amide bonds. The number of carbonyl (C=O) groups excluding carboxylic acids is 1. The van der Waals surface area contributed by atoms with Crippen molar-refractivity contribution in [1.82, 2.24) is 15.5 Å². The molecule has 0 aromatic heterocycles. The van der Waals surface area contributed by atoms with Crippen LogP contribution in [-0.4, -0.2) is 49.6 Å². The van der Waals surface area contributed by atoms with Gasteiger partial charge in [-0.05, 0) is 52.4 Å². The van der Waals surface area contributed by atoms with Crippen molar-refractivity contribution in [2.24, 2.45) is 0 Å². The number of likely N-dealkylation sites (tertiary alicyclic amines) is 1. The molecule has 0 radical (unpaired) electrons. The van der Waals surface area contributed by atoms with Crippen molar-refractivity contribution in [3.05, 3.63) is 35.4 Å². The maximum absolute atomic E-state index is 12.0. The molecule has 1 aliphatic rings. The van der Waals surface area contributed by atoms with Crippen LogP contribution in [0.1, 0.15) is 35.7 Å². The molecular weight excluding hydrogens is 262 g/mol. The van der Waals surface area contributed by atoms with Gasteiger partial charge in [0.1, 0.15) is 0 Å². The number of amides is 1. The van der Waals surface area contributed by atoms with Crippen molar-refractivity contribution < 1.29 is 4.79 Å². The highest BCUT2D eigenvalue weighted by molar-refractivity contribution is 5.94. The molecule has 1 aromatic rings. The van der Waals surface area contributed by atoms with Crippen LogP contribution in [0.4, 0.5) is 0 Å². The number of benzene rings is 1. The second kappa shape index (κ2) is 7.57. The van der Waals surface area contributed by atoms with E-state index in [1.54, 1.807) is 0 Å². The molecule has 2 N–H and O–H groups in total. The molecule has 1 aromatic carbocycles. The number of nitrogens with zero attached hydrogens (tertiary/aromatic N) is 1. The average molecular weight is 289 g/mol. The Kier molecular flexibility index (Phi) is 5.76. The number of piperidine rings is 1. The maximum atomic E-state index is 12.0. The van der Waals surface area contributed by atoms with E-state index in [0.29, 0.717) is 18.6 Å². The van der Waals surface area contributed by atoms with Gasteiger partial charge in [0.05, 0.1) is 0 Å². The topological polar surface area (TPSA) is 44.4 Å². The fourth-order valence-corrected chi connectivity index (χ4v) is 2.73. The van der Waals surface area contributed by atoms with Crippen molar-refractivity contribution in [2.45, 2.75) is 38.8 Å². The summed E-state index contributed by atoms with van der Waals surface area (Å²) in [5, 5.41) is 6.51. The molecule has 21 heavy (non-hydrogen) atoms. The average Bonchev–Trinajstić information content (AvgIpc) is 2.47. The standard InChI is InChI=1S/C17H27N3O/c1-13-4-6-15(7-5-13)17(21)19-10-9-18-16-8-11-20(3)14(2)12-16/h4-7,14,16,18H,8-12H2,1-3H3,(H,19,21). The zero-order valence-corrected chi connectivity index (χ0v) is 13.4. The third-order valence-corrected chi connectivity index (χ3v) is 4.37. The molecule has 2 unspecified atom stereocenters. The maximum Gasteiger partial charge on any atom is 0.251 e. The molecule has 1 fully saturated rings. The van der Waals surface area contributed by atoms with Crippen LogP contribution in [0.2, 0.25) is 0 Å². The van der Waals surface area contributed by atoms with E-state index in [4.69, 9.17) is 0 Å². The van der Waals surface area contributed by atoms with E-state index in [0.717, 1.165) is 18.7 Å². The van der Waals surface area contributed by atoms with Crippen LogP contribution in [0.5, 0.6) is 0 Å². The zero-order chi connectivity index (χ0) is 15.2. The molecule has 0 aliphatic carbocycles. The first-order valence-corrected chi connectivity index (χ1v) is 7.85. The van der Waals surface area contributed by atoms with Gasteiger partial charge in [-0.25, -0.2) is 0 Å². The number of nitrogens with one attached hydrogen (secondary N) is 2. The second-order valence-electron chi connectivity index (χ2n) is 6.13. The van der Waals surface area contributed by atoms with Gasteiger partial charge in [-0.2, -0.15) is 0 Å². The molecule has 0 bridgehead atoms. The summed E-state index contributed by atoms with van der Waals surface area (Å²) in [6, 6.07) is 8.89. The highest BCUT2D eigenvalue weighted by atomic mass is 16.1. The van der Waals surface area contributed by atoms with Gasteiger partial charge in [0.2, 0.25) is 0 Å². The molecular formula is C17H27N3O. The van der Waals surface area contributed by atoms with E-state index in [2.05, 4.69) is 29.5 Å². The first-order chi connectivity index (χ1) is 10.1. The van der Waals surface area contributed by atoms with Crippen molar-refractivity contribution in [1.29, 1.82) is 0 Å². The minimum absolute atomic E-state index is 0.00791. The monoisotopic (exact) mass is 289 g/mol. The first-order valence-electron chi connectivity index (χ1n) is 7.85. The van der Waals surface area contributed by atoms with Gasteiger partial charge in [0.25, 0.3) is 5.91 Å². The predicted octanol–water partition coefficient (Wildman–Crippen LogP) is 1.80. The summed E-state index contributed by atoms with van der Waals surface area (Å²) in [5.74, 6) is 0.00791. The summed E-state index contributed by atoms with van der Waals surface area (Å²) in [6.07, 6.45) is 2.37. The lowest BCUT2D eigenvalue weighted by molar-refractivity contribution is 0.0952. The summed E-state index contributed by atoms with van der Waals surface area (Å²) < 4.78 is 0. The lowest BCUT2D eigenvalue weighted by Gasteiger charge is -2.35. The third-order valence-electron chi connectivity index (χ3n) is 4.37. The Balaban J connectivity index is 1.65. The van der Waals surface area contributed by atoms with Crippen LogP contribution in [0.15, 0.2) is 24.3 Å². The first kappa shape index (κ1) is 16.0. The van der Waals surface area contributed by atoms with E-state index >= 15 is 0 Å². The summed E-state index contributed by atoms with van der Waals surface area (Å²) in [5.41, 5.74) is 1.90. The Hall–Kier alpha value is -1.39. The number of rotatable bonds is 5. The molecule has 0 saturated carbocycles. The summed E-state index contributed by atoms with van der Waals surface area (Å²) >= 11 is 0. The van der Waals surface area contributed by atoms with E-state index in [1.165, 1.54) is 18.4 Å². The number of hydrogen-bond acceptors (Lipinski definition) is 3. The Bertz CT molecular complexity index is 458. The van der Waals surface area contributed by atoms with E-state index in [9.17, 15) is 4.79 Å². The minimum Gasteiger partial charge on any atom is -0.351 e. The molecule has 2 atom stereocenters. The summed E-state index contributed by atoms with van der Waals surface area (Å²) in [6.45, 7) is 6.95. The number of hydrogen-bond donors (Lipinski definition) is 2. The smallest absolute Gasteiger partial charge is 0.251 e.